The van der Waals surface area contributed by atoms with Crippen LogP contribution in [0.2, 0.25) is 0 Å². The number of rotatable bonds is 4. The predicted molar refractivity (Wildman–Crippen MR) is 57.1 cm³/mol. The maximum Gasteiger partial charge on any atom is 0.303 e. The first-order valence-corrected chi connectivity index (χ1v) is 5.60. The summed E-state index contributed by atoms with van der Waals surface area (Å²) < 4.78 is 20.8. The third kappa shape index (κ3) is 4.70. The van der Waals surface area contributed by atoms with E-state index in [0.717, 1.165) is 0 Å². The minimum atomic E-state index is -0.587. The van der Waals surface area contributed by atoms with E-state index < -0.39 is 24.5 Å². The van der Waals surface area contributed by atoms with Crippen molar-refractivity contribution in [1.82, 2.24) is 0 Å². The van der Waals surface area contributed by atoms with Crippen molar-refractivity contribution in [2.75, 3.05) is 13.2 Å². The van der Waals surface area contributed by atoms with Gasteiger partial charge in [-0.05, 0) is 6.92 Å². The molecule has 1 rings (SSSR count). The highest BCUT2D eigenvalue weighted by Gasteiger charge is 2.35. The van der Waals surface area contributed by atoms with Gasteiger partial charge in [-0.1, -0.05) is 0 Å². The van der Waals surface area contributed by atoms with E-state index in [1.807, 2.05) is 6.92 Å². The SMILES string of the molecule is CCO[C@H]1OC[C@@H](OC(C)=O)CC1OC(C)=O. The molecule has 98 valence electrons. The van der Waals surface area contributed by atoms with E-state index in [0.29, 0.717) is 13.0 Å². The van der Waals surface area contributed by atoms with Gasteiger partial charge in [0.15, 0.2) is 12.4 Å². The highest BCUT2D eigenvalue weighted by Crippen LogP contribution is 2.21. The van der Waals surface area contributed by atoms with Gasteiger partial charge >= 0.3 is 11.9 Å². The number of ether oxygens (including phenoxy) is 4. The second-order valence-corrected chi connectivity index (χ2v) is 3.77. The monoisotopic (exact) mass is 246 g/mol. The van der Waals surface area contributed by atoms with Crippen molar-refractivity contribution in [3.8, 4) is 0 Å². The number of hydrogen-bond acceptors (Lipinski definition) is 6. The summed E-state index contributed by atoms with van der Waals surface area (Å²) in [6, 6.07) is 0. The van der Waals surface area contributed by atoms with Gasteiger partial charge in [0, 0.05) is 26.9 Å². The molecule has 6 heteroatoms. The summed E-state index contributed by atoms with van der Waals surface area (Å²) in [5.74, 6) is -0.790. The van der Waals surface area contributed by atoms with Crippen LogP contribution in [0.4, 0.5) is 0 Å². The van der Waals surface area contributed by atoms with E-state index in [2.05, 4.69) is 0 Å². The maximum absolute atomic E-state index is 10.9. The van der Waals surface area contributed by atoms with E-state index in [9.17, 15) is 9.59 Å². The van der Waals surface area contributed by atoms with E-state index in [-0.39, 0.29) is 12.6 Å². The molecule has 0 spiro atoms. The average molecular weight is 246 g/mol. The number of hydrogen-bond donors (Lipinski definition) is 0. The van der Waals surface area contributed by atoms with Crippen LogP contribution in [0, 0.1) is 0 Å². The fraction of sp³-hybridized carbons (Fsp3) is 0.818. The van der Waals surface area contributed by atoms with Crippen molar-refractivity contribution in [2.24, 2.45) is 0 Å². The Hall–Kier alpha value is -1.14. The maximum atomic E-state index is 10.9. The Morgan fingerprint density at radius 3 is 2.41 bits per heavy atom. The van der Waals surface area contributed by atoms with Crippen LogP contribution >= 0.6 is 0 Å². The topological polar surface area (TPSA) is 71.1 Å². The number of esters is 2. The molecule has 3 atom stereocenters. The fourth-order valence-electron chi connectivity index (χ4n) is 1.70. The molecule has 0 amide bonds. The molecule has 1 heterocycles. The zero-order chi connectivity index (χ0) is 12.8. The minimum Gasteiger partial charge on any atom is -0.460 e. The van der Waals surface area contributed by atoms with Crippen molar-refractivity contribution in [2.45, 2.75) is 45.7 Å². The molecule has 1 aliphatic rings. The summed E-state index contributed by atoms with van der Waals surface area (Å²) >= 11 is 0. The zero-order valence-electron chi connectivity index (χ0n) is 10.3. The molecule has 1 unspecified atom stereocenters. The van der Waals surface area contributed by atoms with Crippen LogP contribution < -0.4 is 0 Å². The summed E-state index contributed by atoms with van der Waals surface area (Å²) in [5.41, 5.74) is 0. The van der Waals surface area contributed by atoms with Gasteiger partial charge in [0.2, 0.25) is 0 Å². The first kappa shape index (κ1) is 13.9. The third-order valence-electron chi connectivity index (χ3n) is 2.23. The first-order valence-electron chi connectivity index (χ1n) is 5.60. The molecule has 1 aliphatic heterocycles. The van der Waals surface area contributed by atoms with Crippen LogP contribution in [0.1, 0.15) is 27.2 Å². The Kier molecular flexibility index (Phi) is 5.37. The van der Waals surface area contributed by atoms with Crippen molar-refractivity contribution < 1.29 is 28.5 Å². The van der Waals surface area contributed by atoms with Crippen LogP contribution in [0.5, 0.6) is 0 Å². The van der Waals surface area contributed by atoms with E-state index in [1.165, 1.54) is 13.8 Å². The average Bonchev–Trinajstić information content (AvgIpc) is 2.20. The fourth-order valence-corrected chi connectivity index (χ4v) is 1.70. The van der Waals surface area contributed by atoms with Gasteiger partial charge in [-0.3, -0.25) is 9.59 Å². The zero-order valence-corrected chi connectivity index (χ0v) is 10.3. The number of carbonyl (C=O) groups excluding carboxylic acids is 2. The minimum absolute atomic E-state index is 0.252. The lowest BCUT2D eigenvalue weighted by molar-refractivity contribution is -0.245. The molecule has 0 aliphatic carbocycles. The predicted octanol–water partition coefficient (Wildman–Crippen LogP) is 0.633. The summed E-state index contributed by atoms with van der Waals surface area (Å²) in [4.78, 5) is 21.8. The Balaban J connectivity index is 2.55. The van der Waals surface area contributed by atoms with E-state index in [4.69, 9.17) is 18.9 Å². The van der Waals surface area contributed by atoms with Gasteiger partial charge < -0.3 is 18.9 Å². The molecule has 0 aromatic heterocycles. The lowest BCUT2D eigenvalue weighted by atomic mass is 10.1. The van der Waals surface area contributed by atoms with Crippen molar-refractivity contribution >= 4 is 11.9 Å². The van der Waals surface area contributed by atoms with Crippen LogP contribution in [0.25, 0.3) is 0 Å². The second-order valence-electron chi connectivity index (χ2n) is 3.77. The van der Waals surface area contributed by atoms with Gasteiger partial charge in [-0.25, -0.2) is 0 Å². The molecule has 0 bridgehead atoms. The molecular formula is C11H18O6. The Morgan fingerprint density at radius 2 is 1.88 bits per heavy atom. The molecule has 0 radical (unpaired) electrons. The largest absolute Gasteiger partial charge is 0.460 e. The van der Waals surface area contributed by atoms with Crippen LogP contribution in [-0.4, -0.2) is 43.7 Å². The van der Waals surface area contributed by atoms with Crippen molar-refractivity contribution in [3.63, 3.8) is 0 Å². The highest BCUT2D eigenvalue weighted by atomic mass is 16.7. The molecular weight excluding hydrogens is 228 g/mol. The standard InChI is InChI=1S/C11H18O6/c1-4-14-11-10(17-8(3)13)5-9(6-15-11)16-7(2)12/h9-11H,4-6H2,1-3H3/t9-,10?,11-/m0/s1. The molecule has 0 N–H and O–H groups in total. The Morgan fingerprint density at radius 1 is 1.24 bits per heavy atom. The third-order valence-corrected chi connectivity index (χ3v) is 2.23. The second kappa shape index (κ2) is 6.56. The normalized spacial score (nSPS) is 28.5. The summed E-state index contributed by atoms with van der Waals surface area (Å²) in [7, 11) is 0. The Labute approximate surface area is 100 Å². The molecule has 0 aromatic carbocycles. The van der Waals surface area contributed by atoms with Gasteiger partial charge in [-0.15, -0.1) is 0 Å². The molecule has 0 aromatic rings. The van der Waals surface area contributed by atoms with Crippen LogP contribution in [-0.2, 0) is 28.5 Å². The van der Waals surface area contributed by atoms with Gasteiger partial charge in [0.25, 0.3) is 0 Å². The quantitative estimate of drug-likeness (QED) is 0.678. The molecule has 6 nitrogen and oxygen atoms in total. The number of carbonyl (C=O) groups is 2. The molecule has 0 saturated carbocycles. The van der Waals surface area contributed by atoms with Crippen molar-refractivity contribution in [1.29, 1.82) is 0 Å². The summed E-state index contributed by atoms with van der Waals surface area (Å²) in [6.45, 7) is 5.18. The van der Waals surface area contributed by atoms with E-state index in [1.54, 1.807) is 0 Å². The first-order chi connectivity index (χ1) is 8.02. The molecule has 17 heavy (non-hydrogen) atoms. The van der Waals surface area contributed by atoms with Gasteiger partial charge in [0.1, 0.15) is 6.10 Å². The van der Waals surface area contributed by atoms with E-state index >= 15 is 0 Å². The molecule has 1 saturated heterocycles. The highest BCUT2D eigenvalue weighted by molar-refractivity contribution is 5.66. The lowest BCUT2D eigenvalue weighted by Gasteiger charge is -2.34. The molecule has 1 fully saturated rings. The van der Waals surface area contributed by atoms with Crippen LogP contribution in [0.3, 0.4) is 0 Å². The van der Waals surface area contributed by atoms with Crippen LogP contribution in [0.15, 0.2) is 0 Å². The lowest BCUT2D eigenvalue weighted by Crippen LogP contribution is -2.46. The Bertz CT molecular complexity index is 277. The summed E-state index contributed by atoms with van der Waals surface area (Å²) in [6.07, 6.45) is -1.13. The van der Waals surface area contributed by atoms with Crippen molar-refractivity contribution in [3.05, 3.63) is 0 Å². The smallest absolute Gasteiger partial charge is 0.303 e. The van der Waals surface area contributed by atoms with Gasteiger partial charge in [-0.2, -0.15) is 0 Å². The summed E-state index contributed by atoms with van der Waals surface area (Å²) in [5, 5.41) is 0. The van der Waals surface area contributed by atoms with Gasteiger partial charge in [0.05, 0.1) is 6.61 Å².